The van der Waals surface area contributed by atoms with E-state index in [1.54, 1.807) is 4.90 Å². The highest BCUT2D eigenvalue weighted by Gasteiger charge is 2.35. The van der Waals surface area contributed by atoms with Crippen molar-refractivity contribution in [2.24, 2.45) is 11.8 Å². The van der Waals surface area contributed by atoms with E-state index in [1.165, 1.54) is 0 Å². The van der Waals surface area contributed by atoms with Crippen molar-refractivity contribution in [1.82, 2.24) is 10.2 Å². The van der Waals surface area contributed by atoms with Crippen LogP contribution in [0.1, 0.15) is 26.7 Å². The minimum absolute atomic E-state index is 0.0183. The number of hydrogen-bond donors (Lipinski definition) is 1. The summed E-state index contributed by atoms with van der Waals surface area (Å²) in [5.41, 5.74) is 0.876. The summed E-state index contributed by atoms with van der Waals surface area (Å²) in [4.78, 5) is 28.8. The molecule has 2 amide bonds. The van der Waals surface area contributed by atoms with Gasteiger partial charge >= 0.3 is 0 Å². The average Bonchev–Trinajstić information content (AvgIpc) is 3.20. The van der Waals surface area contributed by atoms with Gasteiger partial charge < -0.3 is 15.1 Å². The number of likely N-dealkylation sites (tertiary alicyclic amines) is 1. The van der Waals surface area contributed by atoms with Gasteiger partial charge in [0, 0.05) is 37.8 Å². The zero-order chi connectivity index (χ0) is 17.1. The summed E-state index contributed by atoms with van der Waals surface area (Å²) in [6, 6.07) is 10.1. The maximum Gasteiger partial charge on any atom is 0.227 e. The van der Waals surface area contributed by atoms with Gasteiger partial charge in [0.15, 0.2) is 0 Å². The molecule has 0 bridgehead atoms. The van der Waals surface area contributed by atoms with Gasteiger partial charge in [0.25, 0.3) is 0 Å². The predicted octanol–water partition coefficient (Wildman–Crippen LogP) is 1.89. The third kappa shape index (κ3) is 3.78. The normalized spacial score (nSPS) is 24.8. The van der Waals surface area contributed by atoms with Gasteiger partial charge in [0.05, 0.1) is 5.92 Å². The van der Waals surface area contributed by atoms with Crippen molar-refractivity contribution >= 4 is 17.5 Å². The highest BCUT2D eigenvalue weighted by atomic mass is 16.2. The van der Waals surface area contributed by atoms with Crippen molar-refractivity contribution in [3.8, 4) is 0 Å². The van der Waals surface area contributed by atoms with E-state index >= 15 is 0 Å². The summed E-state index contributed by atoms with van der Waals surface area (Å²) in [5.74, 6) is 0.344. The largest absolute Gasteiger partial charge is 0.355 e. The summed E-state index contributed by atoms with van der Waals surface area (Å²) in [5, 5.41) is 3.07. The topological polar surface area (TPSA) is 52.7 Å². The van der Waals surface area contributed by atoms with Crippen LogP contribution in [0, 0.1) is 11.8 Å². The van der Waals surface area contributed by atoms with E-state index in [0.717, 1.165) is 31.7 Å². The summed E-state index contributed by atoms with van der Waals surface area (Å²) in [6.45, 7) is 7.79. The average molecular weight is 329 g/mol. The number of nitrogens with one attached hydrogen (secondary N) is 1. The minimum atomic E-state index is -0.236. The minimum Gasteiger partial charge on any atom is -0.355 e. The van der Waals surface area contributed by atoms with Crippen LogP contribution in [-0.4, -0.2) is 48.9 Å². The zero-order valence-electron chi connectivity index (χ0n) is 14.6. The van der Waals surface area contributed by atoms with Crippen LogP contribution in [0.25, 0.3) is 0 Å². The Kier molecular flexibility index (Phi) is 5.19. The lowest BCUT2D eigenvalue weighted by atomic mass is 10.1. The number of amides is 2. The number of para-hydroxylation sites is 1. The number of carbonyl (C=O) groups excluding carboxylic acids is 2. The van der Waals surface area contributed by atoms with Crippen LogP contribution in [0.5, 0.6) is 0 Å². The number of rotatable bonds is 5. The third-order valence-electron chi connectivity index (χ3n) is 5.18. The first-order chi connectivity index (χ1) is 11.5. The van der Waals surface area contributed by atoms with Crippen molar-refractivity contribution in [2.75, 3.05) is 31.1 Å². The van der Waals surface area contributed by atoms with Crippen LogP contribution >= 0.6 is 0 Å². The molecule has 1 N–H and O–H groups in total. The molecule has 2 atom stereocenters. The second-order valence-corrected chi connectivity index (χ2v) is 7.23. The zero-order valence-corrected chi connectivity index (χ0v) is 14.6. The molecule has 2 aliphatic rings. The van der Waals surface area contributed by atoms with Gasteiger partial charge in [0.2, 0.25) is 11.8 Å². The lowest BCUT2D eigenvalue weighted by molar-refractivity contribution is -0.126. The van der Waals surface area contributed by atoms with Crippen molar-refractivity contribution in [3.05, 3.63) is 30.3 Å². The SMILES string of the molecule is CC(C)N1CC[C@@H](CNC(=O)[C@H]2CC(=O)N(c3ccccc3)C2)C1. The van der Waals surface area contributed by atoms with E-state index in [9.17, 15) is 9.59 Å². The van der Waals surface area contributed by atoms with Crippen LogP contribution in [0.2, 0.25) is 0 Å². The molecule has 5 heteroatoms. The molecule has 2 saturated heterocycles. The monoisotopic (exact) mass is 329 g/mol. The van der Waals surface area contributed by atoms with E-state index < -0.39 is 0 Å². The molecule has 0 spiro atoms. The molecule has 0 saturated carbocycles. The maximum absolute atomic E-state index is 12.4. The molecule has 2 heterocycles. The fraction of sp³-hybridized carbons (Fsp3) is 0.579. The first kappa shape index (κ1) is 17.0. The predicted molar refractivity (Wildman–Crippen MR) is 94.7 cm³/mol. The van der Waals surface area contributed by atoms with E-state index in [1.807, 2.05) is 30.3 Å². The number of benzene rings is 1. The third-order valence-corrected chi connectivity index (χ3v) is 5.18. The molecule has 0 unspecified atom stereocenters. The van der Waals surface area contributed by atoms with Crippen molar-refractivity contribution in [2.45, 2.75) is 32.7 Å². The number of hydrogen-bond acceptors (Lipinski definition) is 3. The fourth-order valence-electron chi connectivity index (χ4n) is 3.63. The Bertz CT molecular complexity index is 588. The van der Waals surface area contributed by atoms with Crippen molar-refractivity contribution < 1.29 is 9.59 Å². The number of anilines is 1. The number of nitrogens with zero attached hydrogens (tertiary/aromatic N) is 2. The Morgan fingerprint density at radius 1 is 1.25 bits per heavy atom. The summed E-state index contributed by atoms with van der Waals surface area (Å²) >= 11 is 0. The van der Waals surface area contributed by atoms with Gasteiger partial charge in [-0.25, -0.2) is 0 Å². The summed E-state index contributed by atoms with van der Waals surface area (Å²) < 4.78 is 0. The highest BCUT2D eigenvalue weighted by Crippen LogP contribution is 2.25. The van der Waals surface area contributed by atoms with Gasteiger partial charge in [-0.2, -0.15) is 0 Å². The molecule has 2 aliphatic heterocycles. The molecule has 24 heavy (non-hydrogen) atoms. The standard InChI is InChI=1S/C19H27N3O2/c1-14(2)21-9-8-15(12-21)11-20-19(24)16-10-18(23)22(13-16)17-6-4-3-5-7-17/h3-7,14-16H,8-13H2,1-2H3,(H,20,24)/t15-,16-/m0/s1. The Labute approximate surface area is 144 Å². The van der Waals surface area contributed by atoms with Gasteiger partial charge in [-0.3, -0.25) is 9.59 Å². The van der Waals surface area contributed by atoms with Crippen molar-refractivity contribution in [3.63, 3.8) is 0 Å². The molecule has 2 fully saturated rings. The first-order valence-electron chi connectivity index (χ1n) is 8.91. The van der Waals surface area contributed by atoms with Gasteiger partial charge in [-0.15, -0.1) is 0 Å². The van der Waals surface area contributed by atoms with Gasteiger partial charge in [-0.1, -0.05) is 18.2 Å². The molecule has 0 radical (unpaired) electrons. The van der Waals surface area contributed by atoms with Crippen LogP contribution in [0.15, 0.2) is 30.3 Å². The van der Waals surface area contributed by atoms with Gasteiger partial charge in [0.1, 0.15) is 0 Å². The molecule has 0 aliphatic carbocycles. The van der Waals surface area contributed by atoms with E-state index in [2.05, 4.69) is 24.1 Å². The second-order valence-electron chi connectivity index (χ2n) is 7.23. The molecular weight excluding hydrogens is 302 g/mol. The smallest absolute Gasteiger partial charge is 0.227 e. The molecule has 0 aromatic heterocycles. The van der Waals surface area contributed by atoms with Crippen LogP contribution in [0.4, 0.5) is 5.69 Å². The lowest BCUT2D eigenvalue weighted by Crippen LogP contribution is -2.37. The molecule has 3 rings (SSSR count). The molecule has 1 aromatic carbocycles. The quantitative estimate of drug-likeness (QED) is 0.897. The number of carbonyl (C=O) groups is 2. The van der Waals surface area contributed by atoms with E-state index in [0.29, 0.717) is 24.9 Å². The second kappa shape index (κ2) is 7.34. The summed E-state index contributed by atoms with van der Waals surface area (Å²) in [7, 11) is 0. The fourth-order valence-corrected chi connectivity index (χ4v) is 3.63. The Hall–Kier alpha value is -1.88. The molecule has 130 valence electrons. The molecule has 1 aromatic rings. The Balaban J connectivity index is 1.49. The van der Waals surface area contributed by atoms with Crippen LogP contribution in [0.3, 0.4) is 0 Å². The molecule has 5 nitrogen and oxygen atoms in total. The Morgan fingerprint density at radius 3 is 2.67 bits per heavy atom. The van der Waals surface area contributed by atoms with Crippen LogP contribution in [-0.2, 0) is 9.59 Å². The maximum atomic E-state index is 12.4. The first-order valence-corrected chi connectivity index (χ1v) is 8.91. The summed E-state index contributed by atoms with van der Waals surface area (Å²) in [6.07, 6.45) is 1.45. The van der Waals surface area contributed by atoms with Gasteiger partial charge in [-0.05, 0) is 44.9 Å². The Morgan fingerprint density at radius 2 is 2.00 bits per heavy atom. The van der Waals surface area contributed by atoms with E-state index in [4.69, 9.17) is 0 Å². The lowest BCUT2D eigenvalue weighted by Gasteiger charge is -2.20. The van der Waals surface area contributed by atoms with E-state index in [-0.39, 0.29) is 17.7 Å². The molecular formula is C19H27N3O2. The van der Waals surface area contributed by atoms with Crippen molar-refractivity contribution in [1.29, 1.82) is 0 Å². The highest BCUT2D eigenvalue weighted by molar-refractivity contribution is 6.00. The van der Waals surface area contributed by atoms with Crippen LogP contribution < -0.4 is 10.2 Å².